The highest BCUT2D eigenvalue weighted by Gasteiger charge is 2.30. The minimum Gasteiger partial charge on any atom is -1.00 e. The van der Waals surface area contributed by atoms with Gasteiger partial charge in [0.2, 0.25) is 0 Å². The molecule has 17 heavy (non-hydrogen) atoms. The van der Waals surface area contributed by atoms with Crippen molar-refractivity contribution >= 4 is 0 Å². The summed E-state index contributed by atoms with van der Waals surface area (Å²) in [6, 6.07) is 3.53. The molecule has 1 aliphatic carbocycles. The first kappa shape index (κ1) is 14.3. The number of methoxy groups -OCH3 is 1. The lowest BCUT2D eigenvalue weighted by Gasteiger charge is -2.29. The number of quaternary nitrogens is 1. The normalized spacial score (nSPS) is 18.5. The largest absolute Gasteiger partial charge is 1.00 e. The van der Waals surface area contributed by atoms with Crippen molar-refractivity contribution in [3.05, 3.63) is 29.1 Å². The van der Waals surface area contributed by atoms with Crippen molar-refractivity contribution in [2.45, 2.75) is 25.3 Å². The van der Waals surface area contributed by atoms with Gasteiger partial charge in [-0.15, -0.1) is 0 Å². The summed E-state index contributed by atoms with van der Waals surface area (Å²) in [6.45, 7) is 0. The Balaban J connectivity index is 0.00000144. The second-order valence-corrected chi connectivity index (χ2v) is 4.66. The van der Waals surface area contributed by atoms with Crippen LogP contribution in [0.15, 0.2) is 12.1 Å². The molecule has 4 heteroatoms. The fraction of sp³-hybridized carbons (Fsp3) is 0.538. The first-order valence-electron chi connectivity index (χ1n) is 5.80. The Bertz CT molecular complexity index is 395. The van der Waals surface area contributed by atoms with Crippen molar-refractivity contribution in [1.82, 2.24) is 0 Å². The lowest BCUT2D eigenvalue weighted by Crippen LogP contribution is -3.06. The molecular formula is C13H19ClFNO. The first-order chi connectivity index (χ1) is 7.65. The highest BCUT2D eigenvalue weighted by molar-refractivity contribution is 5.43. The number of rotatable bonds is 2. The quantitative estimate of drug-likeness (QED) is 0.673. The van der Waals surface area contributed by atoms with E-state index in [1.807, 2.05) is 0 Å². The van der Waals surface area contributed by atoms with Crippen LogP contribution in [0.25, 0.3) is 0 Å². The van der Waals surface area contributed by atoms with E-state index in [2.05, 4.69) is 14.1 Å². The lowest BCUT2D eigenvalue weighted by atomic mass is 9.86. The summed E-state index contributed by atoms with van der Waals surface area (Å²) in [4.78, 5) is 1.29. The van der Waals surface area contributed by atoms with Gasteiger partial charge in [0.05, 0.1) is 26.8 Å². The number of fused-ring (bicyclic) bond motifs is 1. The van der Waals surface area contributed by atoms with E-state index in [-0.39, 0.29) is 24.3 Å². The van der Waals surface area contributed by atoms with Gasteiger partial charge in [0.1, 0.15) is 17.6 Å². The Morgan fingerprint density at radius 2 is 2.06 bits per heavy atom. The Labute approximate surface area is 108 Å². The SMILES string of the molecule is COc1ccc(F)c2c1CCCC2[NH+](C)C.[Cl-]. The molecule has 2 nitrogen and oxygen atoms in total. The molecule has 0 amide bonds. The molecule has 0 aliphatic heterocycles. The van der Waals surface area contributed by atoms with E-state index in [0.29, 0.717) is 0 Å². The molecule has 1 atom stereocenters. The molecule has 0 bridgehead atoms. The predicted octanol–water partition coefficient (Wildman–Crippen LogP) is -1.64. The van der Waals surface area contributed by atoms with Gasteiger partial charge < -0.3 is 22.0 Å². The van der Waals surface area contributed by atoms with Crippen LogP contribution < -0.4 is 22.0 Å². The van der Waals surface area contributed by atoms with Gasteiger partial charge in [0.15, 0.2) is 0 Å². The van der Waals surface area contributed by atoms with Crippen molar-refractivity contribution in [2.75, 3.05) is 21.2 Å². The van der Waals surface area contributed by atoms with Crippen LogP contribution in [0.4, 0.5) is 4.39 Å². The molecule has 1 unspecified atom stereocenters. The minimum absolute atomic E-state index is 0. The highest BCUT2D eigenvalue weighted by atomic mass is 35.5. The zero-order chi connectivity index (χ0) is 11.7. The lowest BCUT2D eigenvalue weighted by molar-refractivity contribution is -0.893. The summed E-state index contributed by atoms with van der Waals surface area (Å²) in [6.07, 6.45) is 3.10. The van der Waals surface area contributed by atoms with Crippen LogP contribution in [0.5, 0.6) is 5.75 Å². The third kappa shape index (κ3) is 2.55. The van der Waals surface area contributed by atoms with E-state index in [4.69, 9.17) is 4.74 Å². The number of hydrogen-bond donors (Lipinski definition) is 1. The van der Waals surface area contributed by atoms with Gasteiger partial charge in [-0.2, -0.15) is 0 Å². The van der Waals surface area contributed by atoms with E-state index in [0.717, 1.165) is 36.1 Å². The Morgan fingerprint density at radius 3 is 2.65 bits per heavy atom. The Kier molecular flexibility index (Phi) is 4.78. The van der Waals surface area contributed by atoms with Gasteiger partial charge in [-0.05, 0) is 25.0 Å². The molecule has 2 rings (SSSR count). The second-order valence-electron chi connectivity index (χ2n) is 4.66. The molecule has 0 radical (unpaired) electrons. The van der Waals surface area contributed by atoms with Gasteiger partial charge in [-0.3, -0.25) is 0 Å². The summed E-state index contributed by atoms with van der Waals surface area (Å²) in [5.74, 6) is 0.754. The van der Waals surface area contributed by atoms with Crippen molar-refractivity contribution < 1.29 is 26.4 Å². The molecule has 1 aromatic rings. The summed E-state index contributed by atoms with van der Waals surface area (Å²) >= 11 is 0. The van der Waals surface area contributed by atoms with Crippen LogP contribution in [0.3, 0.4) is 0 Å². The van der Waals surface area contributed by atoms with Crippen molar-refractivity contribution in [3.63, 3.8) is 0 Å². The summed E-state index contributed by atoms with van der Waals surface area (Å²) in [7, 11) is 5.82. The monoisotopic (exact) mass is 259 g/mol. The number of hydrogen-bond acceptors (Lipinski definition) is 1. The summed E-state index contributed by atoms with van der Waals surface area (Å²) in [5, 5.41) is 0. The Morgan fingerprint density at radius 1 is 1.35 bits per heavy atom. The molecule has 0 heterocycles. The van der Waals surface area contributed by atoms with Gasteiger partial charge in [-0.25, -0.2) is 4.39 Å². The van der Waals surface area contributed by atoms with Crippen LogP contribution in [0, 0.1) is 5.82 Å². The number of benzene rings is 1. The molecule has 0 saturated heterocycles. The average Bonchev–Trinajstić information content (AvgIpc) is 2.29. The van der Waals surface area contributed by atoms with Crippen LogP contribution in [-0.2, 0) is 6.42 Å². The van der Waals surface area contributed by atoms with Crippen molar-refractivity contribution in [2.24, 2.45) is 0 Å². The molecule has 96 valence electrons. The topological polar surface area (TPSA) is 13.7 Å². The van der Waals surface area contributed by atoms with E-state index in [1.54, 1.807) is 13.2 Å². The van der Waals surface area contributed by atoms with Crippen molar-refractivity contribution in [3.8, 4) is 5.75 Å². The number of nitrogens with one attached hydrogen (secondary N) is 1. The molecule has 0 aromatic heterocycles. The standard InChI is InChI=1S/C13H18FNO.ClH/c1-15(2)11-6-4-5-9-12(16-3)8-7-10(14)13(9)11;/h7-8,11H,4-6H2,1-3H3;1H. The fourth-order valence-corrected chi connectivity index (χ4v) is 2.65. The number of ether oxygens (including phenoxy) is 1. The smallest absolute Gasteiger partial charge is 0.132 e. The molecule has 0 spiro atoms. The van der Waals surface area contributed by atoms with Crippen LogP contribution in [0.2, 0.25) is 0 Å². The molecule has 1 aromatic carbocycles. The van der Waals surface area contributed by atoms with Gasteiger partial charge >= 0.3 is 0 Å². The number of halogens is 2. The Hall–Kier alpha value is -0.800. The third-order valence-electron chi connectivity index (χ3n) is 3.45. The maximum absolute atomic E-state index is 13.9. The zero-order valence-corrected chi connectivity index (χ0v) is 11.3. The molecular weight excluding hydrogens is 241 g/mol. The van der Waals surface area contributed by atoms with E-state index in [9.17, 15) is 4.39 Å². The fourth-order valence-electron chi connectivity index (χ4n) is 2.65. The van der Waals surface area contributed by atoms with E-state index >= 15 is 0 Å². The van der Waals surface area contributed by atoms with Gasteiger partial charge in [-0.1, -0.05) is 0 Å². The summed E-state index contributed by atoms with van der Waals surface area (Å²) in [5.41, 5.74) is 1.94. The molecule has 0 saturated carbocycles. The average molecular weight is 260 g/mol. The third-order valence-corrected chi connectivity index (χ3v) is 3.45. The molecule has 0 fully saturated rings. The molecule has 1 N–H and O–H groups in total. The van der Waals surface area contributed by atoms with Gasteiger partial charge in [0.25, 0.3) is 0 Å². The predicted molar refractivity (Wildman–Crippen MR) is 61.4 cm³/mol. The van der Waals surface area contributed by atoms with Crippen LogP contribution >= 0.6 is 0 Å². The summed E-state index contributed by atoms with van der Waals surface area (Å²) < 4.78 is 19.2. The molecule has 1 aliphatic rings. The minimum atomic E-state index is -0.0818. The van der Waals surface area contributed by atoms with E-state index in [1.165, 1.54) is 11.0 Å². The van der Waals surface area contributed by atoms with Crippen LogP contribution in [0.1, 0.15) is 30.0 Å². The maximum atomic E-state index is 13.9. The first-order valence-corrected chi connectivity index (χ1v) is 5.80. The van der Waals surface area contributed by atoms with Gasteiger partial charge in [0, 0.05) is 12.0 Å². The zero-order valence-electron chi connectivity index (χ0n) is 10.5. The second kappa shape index (κ2) is 5.69. The maximum Gasteiger partial charge on any atom is 0.132 e. The highest BCUT2D eigenvalue weighted by Crippen LogP contribution is 2.35. The van der Waals surface area contributed by atoms with Crippen LogP contribution in [-0.4, -0.2) is 21.2 Å². The van der Waals surface area contributed by atoms with Crippen molar-refractivity contribution in [1.29, 1.82) is 0 Å². The van der Waals surface area contributed by atoms with E-state index < -0.39 is 0 Å².